The van der Waals surface area contributed by atoms with Crippen molar-refractivity contribution in [2.45, 2.75) is 27.3 Å². The molecular weight excluding hydrogens is 340 g/mol. The van der Waals surface area contributed by atoms with Crippen LogP contribution in [0.5, 0.6) is 0 Å². The van der Waals surface area contributed by atoms with E-state index in [4.69, 9.17) is 0 Å². The van der Waals surface area contributed by atoms with Gasteiger partial charge in [-0.1, -0.05) is 35.9 Å². The second-order valence-electron chi connectivity index (χ2n) is 6.39. The Morgan fingerprint density at radius 2 is 1.89 bits per heavy atom. The molecule has 0 aliphatic heterocycles. The molecule has 0 saturated heterocycles. The van der Waals surface area contributed by atoms with E-state index >= 15 is 0 Å². The van der Waals surface area contributed by atoms with Crippen LogP contribution in [0.15, 0.2) is 48.7 Å². The van der Waals surface area contributed by atoms with E-state index in [2.05, 4.69) is 10.3 Å². The minimum atomic E-state index is -0.309. The van der Waals surface area contributed by atoms with Crippen LogP contribution >= 0.6 is 0 Å². The summed E-state index contributed by atoms with van der Waals surface area (Å²) in [6.45, 7) is 7.45. The molecule has 1 aromatic carbocycles. The van der Waals surface area contributed by atoms with Gasteiger partial charge in [0.25, 0.3) is 11.8 Å². The molecule has 0 fully saturated rings. The molecule has 6 heteroatoms. The standard InChI is InChI=1S/C21H24N4O2/c1-4-24(5-2)21(27)18-17-11-6-7-12-25(17)19(23-18)20(26)22-14-16-10-8-9-15(3)13-16/h6-13H,4-5,14H2,1-3H3,(H,22,26). The molecule has 0 spiro atoms. The number of aromatic nitrogens is 2. The fourth-order valence-electron chi connectivity index (χ4n) is 3.10. The zero-order valence-corrected chi connectivity index (χ0v) is 15.9. The second-order valence-corrected chi connectivity index (χ2v) is 6.39. The lowest BCUT2D eigenvalue weighted by atomic mass is 10.1. The minimum absolute atomic E-state index is 0.165. The molecule has 27 heavy (non-hydrogen) atoms. The van der Waals surface area contributed by atoms with Gasteiger partial charge in [-0.2, -0.15) is 0 Å². The number of hydrogen-bond donors (Lipinski definition) is 1. The monoisotopic (exact) mass is 364 g/mol. The van der Waals surface area contributed by atoms with Crippen LogP contribution in [0.4, 0.5) is 0 Å². The Bertz CT molecular complexity index is 973. The van der Waals surface area contributed by atoms with Gasteiger partial charge in [-0.05, 0) is 38.5 Å². The Morgan fingerprint density at radius 3 is 2.59 bits per heavy atom. The van der Waals surface area contributed by atoms with E-state index in [1.807, 2.05) is 57.2 Å². The average Bonchev–Trinajstić information content (AvgIpc) is 3.07. The smallest absolute Gasteiger partial charge is 0.287 e. The van der Waals surface area contributed by atoms with Crippen LogP contribution < -0.4 is 5.32 Å². The molecule has 0 atom stereocenters. The van der Waals surface area contributed by atoms with Gasteiger partial charge >= 0.3 is 0 Å². The van der Waals surface area contributed by atoms with Crippen molar-refractivity contribution in [3.8, 4) is 0 Å². The predicted octanol–water partition coefficient (Wildman–Crippen LogP) is 3.05. The molecule has 0 aliphatic rings. The van der Waals surface area contributed by atoms with E-state index in [-0.39, 0.29) is 17.6 Å². The molecule has 2 heterocycles. The van der Waals surface area contributed by atoms with Crippen LogP contribution in [0.1, 0.15) is 46.1 Å². The zero-order chi connectivity index (χ0) is 19.4. The first-order valence-electron chi connectivity index (χ1n) is 9.15. The van der Waals surface area contributed by atoms with Gasteiger partial charge in [-0.3, -0.25) is 14.0 Å². The summed E-state index contributed by atoms with van der Waals surface area (Å²) >= 11 is 0. The Kier molecular flexibility index (Phi) is 5.54. The number of rotatable bonds is 6. The number of carbonyl (C=O) groups is 2. The molecule has 3 aromatic rings. The lowest BCUT2D eigenvalue weighted by molar-refractivity contribution is 0.0769. The molecule has 2 aromatic heterocycles. The van der Waals surface area contributed by atoms with Crippen molar-refractivity contribution < 1.29 is 9.59 Å². The largest absolute Gasteiger partial charge is 0.345 e. The summed E-state index contributed by atoms with van der Waals surface area (Å²) in [5, 5.41) is 2.90. The van der Waals surface area contributed by atoms with E-state index in [0.717, 1.165) is 11.1 Å². The van der Waals surface area contributed by atoms with Gasteiger partial charge in [-0.15, -0.1) is 0 Å². The number of aryl methyl sites for hydroxylation is 1. The summed E-state index contributed by atoms with van der Waals surface area (Å²) in [6.07, 6.45) is 1.75. The second kappa shape index (κ2) is 8.03. The van der Waals surface area contributed by atoms with E-state index in [9.17, 15) is 9.59 Å². The first kappa shape index (κ1) is 18.6. The Balaban J connectivity index is 1.90. The lowest BCUT2D eigenvalue weighted by Gasteiger charge is -2.17. The van der Waals surface area contributed by atoms with Crippen LogP contribution in [0.3, 0.4) is 0 Å². The van der Waals surface area contributed by atoms with Crippen LogP contribution in [0, 0.1) is 6.92 Å². The first-order chi connectivity index (χ1) is 13.0. The molecule has 140 valence electrons. The Morgan fingerprint density at radius 1 is 1.11 bits per heavy atom. The van der Waals surface area contributed by atoms with E-state index in [1.165, 1.54) is 0 Å². The Labute approximate surface area is 158 Å². The highest BCUT2D eigenvalue weighted by Crippen LogP contribution is 2.16. The molecule has 0 unspecified atom stereocenters. The fourth-order valence-corrected chi connectivity index (χ4v) is 3.10. The lowest BCUT2D eigenvalue weighted by Crippen LogP contribution is -2.31. The summed E-state index contributed by atoms with van der Waals surface area (Å²) < 4.78 is 1.67. The molecule has 0 saturated carbocycles. The maximum absolute atomic E-state index is 12.8. The molecule has 0 bridgehead atoms. The third-order valence-corrected chi connectivity index (χ3v) is 4.54. The van der Waals surface area contributed by atoms with Crippen LogP contribution in [-0.4, -0.2) is 39.2 Å². The molecule has 3 rings (SSSR count). The summed E-state index contributed by atoms with van der Waals surface area (Å²) in [7, 11) is 0. The number of fused-ring (bicyclic) bond motifs is 1. The number of imidazole rings is 1. The van der Waals surface area contributed by atoms with Gasteiger partial charge in [0, 0.05) is 25.8 Å². The molecule has 6 nitrogen and oxygen atoms in total. The topological polar surface area (TPSA) is 66.7 Å². The van der Waals surface area contributed by atoms with E-state index in [1.54, 1.807) is 21.6 Å². The minimum Gasteiger partial charge on any atom is -0.345 e. The van der Waals surface area contributed by atoms with Crippen molar-refractivity contribution in [1.82, 2.24) is 19.6 Å². The summed E-state index contributed by atoms with van der Waals surface area (Å²) in [4.78, 5) is 31.6. The zero-order valence-electron chi connectivity index (χ0n) is 15.9. The third kappa shape index (κ3) is 3.84. The molecule has 0 aliphatic carbocycles. The third-order valence-electron chi connectivity index (χ3n) is 4.54. The van der Waals surface area contributed by atoms with Crippen LogP contribution in [0.2, 0.25) is 0 Å². The summed E-state index contributed by atoms with van der Waals surface area (Å²) in [6, 6.07) is 13.4. The van der Waals surface area contributed by atoms with Crippen molar-refractivity contribution >= 4 is 17.3 Å². The summed E-state index contributed by atoms with van der Waals surface area (Å²) in [5.41, 5.74) is 3.10. The van der Waals surface area contributed by atoms with Crippen molar-refractivity contribution in [2.24, 2.45) is 0 Å². The van der Waals surface area contributed by atoms with Gasteiger partial charge in [0.2, 0.25) is 5.82 Å². The van der Waals surface area contributed by atoms with E-state index < -0.39 is 0 Å². The van der Waals surface area contributed by atoms with Crippen LogP contribution in [0.25, 0.3) is 5.52 Å². The van der Waals surface area contributed by atoms with Gasteiger partial charge < -0.3 is 10.2 Å². The highest BCUT2D eigenvalue weighted by Gasteiger charge is 2.23. The molecule has 1 N–H and O–H groups in total. The van der Waals surface area contributed by atoms with Crippen molar-refractivity contribution in [3.63, 3.8) is 0 Å². The number of nitrogens with zero attached hydrogens (tertiary/aromatic N) is 3. The number of carbonyl (C=O) groups excluding carboxylic acids is 2. The van der Waals surface area contributed by atoms with Gasteiger partial charge in [0.05, 0.1) is 5.52 Å². The molecule has 0 radical (unpaired) electrons. The maximum atomic E-state index is 12.8. The van der Waals surface area contributed by atoms with E-state index in [0.29, 0.717) is 30.8 Å². The molecule has 2 amide bonds. The number of benzene rings is 1. The first-order valence-corrected chi connectivity index (χ1v) is 9.15. The number of hydrogen-bond acceptors (Lipinski definition) is 3. The SMILES string of the molecule is CCN(CC)C(=O)c1nc(C(=O)NCc2cccc(C)c2)n2ccccc12. The number of amides is 2. The Hall–Kier alpha value is -3.15. The highest BCUT2D eigenvalue weighted by atomic mass is 16.2. The van der Waals surface area contributed by atoms with Crippen molar-refractivity contribution in [3.05, 3.63) is 71.3 Å². The average molecular weight is 364 g/mol. The quantitative estimate of drug-likeness (QED) is 0.731. The van der Waals surface area contributed by atoms with Gasteiger partial charge in [0.1, 0.15) is 0 Å². The normalized spacial score (nSPS) is 10.8. The van der Waals surface area contributed by atoms with Crippen molar-refractivity contribution in [1.29, 1.82) is 0 Å². The van der Waals surface area contributed by atoms with Gasteiger partial charge in [-0.25, -0.2) is 4.98 Å². The number of nitrogens with one attached hydrogen (secondary N) is 1. The van der Waals surface area contributed by atoms with Crippen LogP contribution in [-0.2, 0) is 6.54 Å². The maximum Gasteiger partial charge on any atom is 0.287 e. The predicted molar refractivity (Wildman–Crippen MR) is 105 cm³/mol. The summed E-state index contributed by atoms with van der Waals surface area (Å²) in [5.74, 6) is -0.258. The highest BCUT2D eigenvalue weighted by molar-refractivity contribution is 6.02. The molecular formula is C21H24N4O2. The number of pyridine rings is 1. The van der Waals surface area contributed by atoms with Gasteiger partial charge in [0.15, 0.2) is 5.69 Å². The van der Waals surface area contributed by atoms with Crippen molar-refractivity contribution in [2.75, 3.05) is 13.1 Å². The fraction of sp³-hybridized carbons (Fsp3) is 0.286.